The van der Waals surface area contributed by atoms with Crippen molar-refractivity contribution in [1.29, 1.82) is 0 Å². The van der Waals surface area contributed by atoms with E-state index in [4.69, 9.17) is 0 Å². The lowest BCUT2D eigenvalue weighted by atomic mass is 9.94. The Bertz CT molecular complexity index is 403. The minimum absolute atomic E-state index is 0.0165. The topological polar surface area (TPSA) is 118 Å². The van der Waals surface area contributed by atoms with Crippen molar-refractivity contribution >= 4 is 5.78 Å². The maximum atomic E-state index is 11.4. The second-order valence-corrected chi connectivity index (χ2v) is 8.69. The molecule has 6 nitrogen and oxygen atoms in total. The van der Waals surface area contributed by atoms with Gasteiger partial charge in [-0.15, -0.1) is 0 Å². The highest BCUT2D eigenvalue weighted by Crippen LogP contribution is 2.16. The van der Waals surface area contributed by atoms with Gasteiger partial charge in [0.1, 0.15) is 24.4 Å². The van der Waals surface area contributed by atoms with Crippen molar-refractivity contribution in [3.63, 3.8) is 0 Å². The normalized spacial score (nSPS) is 16.8. The monoisotopic (exact) mass is 432 g/mol. The van der Waals surface area contributed by atoms with E-state index >= 15 is 0 Å². The fourth-order valence-electron chi connectivity index (χ4n) is 3.73. The first-order chi connectivity index (χ1) is 14.4. The predicted octanol–water partition coefficient (Wildman–Crippen LogP) is 3.64. The Balaban J connectivity index is 3.68. The van der Waals surface area contributed by atoms with Crippen LogP contribution in [0.15, 0.2) is 0 Å². The summed E-state index contributed by atoms with van der Waals surface area (Å²) in [5.41, 5.74) is 0. The largest absolute Gasteiger partial charge is 0.390 e. The molecule has 0 aliphatic rings. The number of Topliss-reactive ketones (excluding diaryl/α,β-unsaturated/α-hetero) is 1. The summed E-state index contributed by atoms with van der Waals surface area (Å²) in [6, 6.07) is 0. The molecule has 1 unspecified atom stereocenters. The first-order valence-electron chi connectivity index (χ1n) is 12.3. The van der Waals surface area contributed by atoms with Gasteiger partial charge in [0, 0.05) is 6.42 Å². The van der Waals surface area contributed by atoms with Crippen molar-refractivity contribution in [3.8, 4) is 0 Å². The predicted molar refractivity (Wildman–Crippen MR) is 120 cm³/mol. The maximum Gasteiger partial charge on any atom is 0.163 e. The molecule has 0 rings (SSSR count). The molecule has 0 aromatic carbocycles. The van der Waals surface area contributed by atoms with E-state index in [1.807, 2.05) is 0 Å². The van der Waals surface area contributed by atoms with Crippen LogP contribution in [0.2, 0.25) is 0 Å². The van der Waals surface area contributed by atoms with Gasteiger partial charge in [-0.25, -0.2) is 0 Å². The zero-order chi connectivity index (χ0) is 22.8. The first kappa shape index (κ1) is 29.5. The molecule has 0 aliphatic heterocycles. The van der Waals surface area contributed by atoms with Crippen LogP contribution in [0, 0.1) is 0 Å². The van der Waals surface area contributed by atoms with Gasteiger partial charge in [-0.05, 0) is 6.42 Å². The van der Waals surface area contributed by atoms with Crippen LogP contribution < -0.4 is 0 Å². The third kappa shape index (κ3) is 13.7. The molecule has 30 heavy (non-hydrogen) atoms. The second-order valence-electron chi connectivity index (χ2n) is 8.69. The van der Waals surface area contributed by atoms with E-state index in [2.05, 4.69) is 6.92 Å². The van der Waals surface area contributed by atoms with Crippen molar-refractivity contribution in [3.05, 3.63) is 0 Å². The van der Waals surface area contributed by atoms with E-state index in [9.17, 15) is 30.3 Å². The van der Waals surface area contributed by atoms with Crippen molar-refractivity contribution in [2.24, 2.45) is 0 Å². The summed E-state index contributed by atoms with van der Waals surface area (Å²) in [7, 11) is 0. The van der Waals surface area contributed by atoms with Gasteiger partial charge in [-0.3, -0.25) is 4.79 Å². The van der Waals surface area contributed by atoms with E-state index in [0.29, 0.717) is 6.42 Å². The molecule has 0 aliphatic carbocycles. The summed E-state index contributed by atoms with van der Waals surface area (Å²) < 4.78 is 0. The lowest BCUT2D eigenvalue weighted by Gasteiger charge is -2.28. The highest BCUT2D eigenvalue weighted by molar-refractivity contribution is 5.83. The fraction of sp³-hybridized carbons (Fsp3) is 0.958. The maximum absolute atomic E-state index is 11.4. The number of unbranched alkanes of at least 4 members (excludes halogenated alkanes) is 13. The third-order valence-electron chi connectivity index (χ3n) is 5.95. The number of hydrogen-bond acceptors (Lipinski definition) is 6. The number of aliphatic hydroxyl groups excluding tert-OH is 5. The Morgan fingerprint density at radius 1 is 0.567 bits per heavy atom. The number of carbonyl (C=O) groups is 1. The molecule has 0 fully saturated rings. The number of aliphatic hydroxyl groups is 5. The molecule has 0 bridgehead atoms. The molecule has 6 heteroatoms. The summed E-state index contributed by atoms with van der Waals surface area (Å²) in [6.45, 7) is 3.78. The van der Waals surface area contributed by atoms with Crippen LogP contribution in [0.3, 0.4) is 0 Å². The van der Waals surface area contributed by atoms with Gasteiger partial charge in [-0.2, -0.15) is 0 Å². The van der Waals surface area contributed by atoms with Gasteiger partial charge in [0.2, 0.25) is 0 Å². The molecule has 0 radical (unpaired) electrons. The highest BCUT2D eigenvalue weighted by Gasteiger charge is 2.36. The molecule has 0 amide bonds. The Morgan fingerprint density at radius 3 is 1.37 bits per heavy atom. The standard InChI is InChI=1S/C24H48O6/c1-3-5-6-7-8-9-10-11-12-13-14-15-16-17-18-20(26)22(28)24(30)23(29)21(27)19(25)4-2/h20-24,26-30H,3-18H2,1-2H3/t20?,21-,22+,23+,24+/m0/s1. The second kappa shape index (κ2) is 19.2. The molecule has 0 spiro atoms. The minimum atomic E-state index is -1.81. The van der Waals surface area contributed by atoms with Crippen molar-refractivity contribution in [2.75, 3.05) is 0 Å². The molecule has 0 saturated heterocycles. The van der Waals surface area contributed by atoms with E-state index in [-0.39, 0.29) is 6.42 Å². The van der Waals surface area contributed by atoms with E-state index in [1.165, 1.54) is 77.6 Å². The molecule has 0 heterocycles. The zero-order valence-electron chi connectivity index (χ0n) is 19.3. The molecule has 0 aromatic heterocycles. The SMILES string of the molecule is CCCCCCCCCCCCCCCCC(O)[C@@H](O)[C@@H](O)[C@H](O)[C@@H](O)C(=O)CC. The minimum Gasteiger partial charge on any atom is -0.390 e. The van der Waals surface area contributed by atoms with E-state index in [0.717, 1.165) is 19.3 Å². The van der Waals surface area contributed by atoms with Crippen molar-refractivity contribution < 1.29 is 30.3 Å². The number of carbonyl (C=O) groups excluding carboxylic acids is 1. The van der Waals surface area contributed by atoms with E-state index < -0.39 is 36.3 Å². The summed E-state index contributed by atoms with van der Waals surface area (Å²) in [4.78, 5) is 11.4. The van der Waals surface area contributed by atoms with Crippen LogP contribution in [-0.2, 0) is 4.79 Å². The van der Waals surface area contributed by atoms with Gasteiger partial charge < -0.3 is 25.5 Å². The summed E-state index contributed by atoms with van der Waals surface area (Å²) in [5.74, 6) is -0.616. The fourth-order valence-corrected chi connectivity index (χ4v) is 3.73. The van der Waals surface area contributed by atoms with Crippen LogP contribution in [0.5, 0.6) is 0 Å². The Labute approximate surface area is 183 Å². The summed E-state index contributed by atoms with van der Waals surface area (Å²) >= 11 is 0. The first-order valence-corrected chi connectivity index (χ1v) is 12.3. The lowest BCUT2D eigenvalue weighted by Crippen LogP contribution is -2.51. The quantitative estimate of drug-likeness (QED) is 0.177. The smallest absolute Gasteiger partial charge is 0.163 e. The Hall–Kier alpha value is -0.530. The summed E-state index contributed by atoms with van der Waals surface area (Å²) in [6.07, 6.45) is 9.40. The lowest BCUT2D eigenvalue weighted by molar-refractivity contribution is -0.153. The van der Waals surface area contributed by atoms with Gasteiger partial charge in [0.25, 0.3) is 0 Å². The Morgan fingerprint density at radius 2 is 0.967 bits per heavy atom. The van der Waals surface area contributed by atoms with Gasteiger partial charge in [0.15, 0.2) is 5.78 Å². The molecule has 0 saturated carbocycles. The molecular formula is C24H48O6. The van der Waals surface area contributed by atoms with Crippen LogP contribution >= 0.6 is 0 Å². The van der Waals surface area contributed by atoms with Gasteiger partial charge in [0.05, 0.1) is 6.10 Å². The van der Waals surface area contributed by atoms with Crippen LogP contribution in [0.1, 0.15) is 117 Å². The van der Waals surface area contributed by atoms with Crippen molar-refractivity contribution in [1.82, 2.24) is 0 Å². The average molecular weight is 433 g/mol. The summed E-state index contributed by atoms with van der Waals surface area (Å²) in [5, 5.41) is 49.4. The van der Waals surface area contributed by atoms with Crippen molar-refractivity contribution in [2.45, 2.75) is 147 Å². The van der Waals surface area contributed by atoms with Crippen LogP contribution in [0.4, 0.5) is 0 Å². The molecule has 180 valence electrons. The van der Waals surface area contributed by atoms with E-state index in [1.54, 1.807) is 0 Å². The van der Waals surface area contributed by atoms with Crippen LogP contribution in [0.25, 0.3) is 0 Å². The average Bonchev–Trinajstić information content (AvgIpc) is 2.76. The molecular weight excluding hydrogens is 384 g/mol. The van der Waals surface area contributed by atoms with Gasteiger partial charge in [-0.1, -0.05) is 104 Å². The third-order valence-corrected chi connectivity index (χ3v) is 5.95. The van der Waals surface area contributed by atoms with Gasteiger partial charge >= 0.3 is 0 Å². The number of ketones is 1. The number of rotatable bonds is 21. The molecule has 5 N–H and O–H groups in total. The highest BCUT2D eigenvalue weighted by atomic mass is 16.4. The zero-order valence-corrected chi connectivity index (χ0v) is 19.3. The molecule has 5 atom stereocenters. The molecule has 0 aromatic rings. The Kier molecular flexibility index (Phi) is 18.8. The van der Waals surface area contributed by atoms with Crippen LogP contribution in [-0.4, -0.2) is 61.8 Å². The number of hydrogen-bond donors (Lipinski definition) is 5.